The first-order valence-electron chi connectivity index (χ1n) is 6.42. The Labute approximate surface area is 120 Å². The van der Waals surface area contributed by atoms with Crippen molar-refractivity contribution < 1.29 is 14.0 Å². The van der Waals surface area contributed by atoms with Gasteiger partial charge >= 0.3 is 0 Å². The maximum absolute atomic E-state index is 12.9. The zero-order valence-corrected chi connectivity index (χ0v) is 11.0. The zero-order chi connectivity index (χ0) is 14.7. The lowest BCUT2D eigenvalue weighted by molar-refractivity contribution is -0.125. The van der Waals surface area contributed by atoms with Crippen LogP contribution in [0.3, 0.4) is 0 Å². The molecular weight excluding hydrogens is 273 g/mol. The molecule has 0 unspecified atom stereocenters. The molecule has 0 bridgehead atoms. The van der Waals surface area contributed by atoms with Crippen LogP contribution in [0, 0.1) is 5.82 Å². The minimum Gasteiger partial charge on any atom is -0.382 e. The first kappa shape index (κ1) is 13.2. The van der Waals surface area contributed by atoms with Crippen LogP contribution in [0.1, 0.15) is 12.0 Å². The molecule has 3 rings (SSSR count). The summed E-state index contributed by atoms with van der Waals surface area (Å²) < 4.78 is 12.9. The molecule has 21 heavy (non-hydrogen) atoms. The number of carbonyl (C=O) groups excluding carboxylic acids is 1. The molecule has 2 aromatic rings. The van der Waals surface area contributed by atoms with Crippen molar-refractivity contribution in [1.29, 1.82) is 0 Å². The summed E-state index contributed by atoms with van der Waals surface area (Å²) in [5, 5.41) is 6.60. The minimum absolute atomic E-state index is 0.288. The van der Waals surface area contributed by atoms with Gasteiger partial charge < -0.3 is 10.2 Å². The van der Waals surface area contributed by atoms with Gasteiger partial charge in [-0.25, -0.2) is 4.39 Å². The molecule has 1 aromatic heterocycles. The molecule has 1 aliphatic rings. The Bertz CT molecular complexity index is 671. The van der Waals surface area contributed by atoms with Crippen molar-refractivity contribution in [3.63, 3.8) is 0 Å². The predicted molar refractivity (Wildman–Crippen MR) is 75.3 cm³/mol. The highest BCUT2D eigenvalue weighted by molar-refractivity contribution is 6.06. The Morgan fingerprint density at radius 1 is 1.29 bits per heavy atom. The van der Waals surface area contributed by atoms with E-state index in [2.05, 4.69) is 15.5 Å². The Balaban J connectivity index is 1.63. The van der Waals surface area contributed by atoms with Gasteiger partial charge in [0.2, 0.25) is 6.10 Å². The lowest BCUT2D eigenvalue weighted by atomic mass is 10.0. The molecule has 1 atom stereocenters. The summed E-state index contributed by atoms with van der Waals surface area (Å²) in [6, 6.07) is 9.38. The summed E-state index contributed by atoms with van der Waals surface area (Å²) in [7, 11) is 0. The van der Waals surface area contributed by atoms with Gasteiger partial charge in [0.15, 0.2) is 0 Å². The molecular formula is C15H12FN3O2. The van der Waals surface area contributed by atoms with Crippen LogP contribution in [-0.4, -0.2) is 22.7 Å². The van der Waals surface area contributed by atoms with Crippen LogP contribution in [0.2, 0.25) is 0 Å². The second-order valence-corrected chi connectivity index (χ2v) is 4.57. The van der Waals surface area contributed by atoms with Crippen LogP contribution in [0.5, 0.6) is 0 Å². The second kappa shape index (κ2) is 5.70. The smallest absolute Gasteiger partial charge is 0.268 e. The monoisotopic (exact) mass is 285 g/mol. The van der Waals surface area contributed by atoms with Crippen molar-refractivity contribution in [2.75, 3.05) is 5.32 Å². The third kappa shape index (κ3) is 3.05. The number of nitrogens with one attached hydrogen (secondary N) is 1. The molecule has 0 aliphatic carbocycles. The van der Waals surface area contributed by atoms with Crippen molar-refractivity contribution in [2.45, 2.75) is 12.5 Å². The number of hydrogen-bond acceptors (Lipinski definition) is 4. The highest BCUT2D eigenvalue weighted by atomic mass is 19.1. The molecule has 0 saturated carbocycles. The van der Waals surface area contributed by atoms with Crippen LogP contribution in [0.4, 0.5) is 10.1 Å². The number of rotatable bonds is 3. The van der Waals surface area contributed by atoms with Gasteiger partial charge in [0.05, 0.1) is 17.6 Å². The first-order valence-corrected chi connectivity index (χ1v) is 6.42. The van der Waals surface area contributed by atoms with E-state index in [9.17, 15) is 9.18 Å². The molecule has 1 aromatic carbocycles. The third-order valence-corrected chi connectivity index (χ3v) is 3.07. The van der Waals surface area contributed by atoms with E-state index in [1.807, 2.05) is 0 Å². The summed E-state index contributed by atoms with van der Waals surface area (Å²) in [6.45, 7) is 0. The molecule has 0 fully saturated rings. The van der Waals surface area contributed by atoms with Gasteiger partial charge in [-0.2, -0.15) is 0 Å². The highest BCUT2D eigenvalue weighted by Crippen LogP contribution is 2.18. The summed E-state index contributed by atoms with van der Waals surface area (Å²) in [5.41, 5.74) is 1.97. The fraction of sp³-hybridized carbons (Fsp3) is 0.133. The number of oxime groups is 1. The van der Waals surface area contributed by atoms with Crippen LogP contribution in [-0.2, 0) is 9.63 Å². The SMILES string of the molecule is O=C(Nc1cccnc1)[C@@H]1CC(c2ccc(F)cc2)=NO1. The van der Waals surface area contributed by atoms with Crippen LogP contribution >= 0.6 is 0 Å². The first-order chi connectivity index (χ1) is 10.2. The summed E-state index contributed by atoms with van der Waals surface area (Å²) in [4.78, 5) is 21.1. The fourth-order valence-electron chi connectivity index (χ4n) is 1.99. The maximum atomic E-state index is 12.9. The second-order valence-electron chi connectivity index (χ2n) is 4.57. The Morgan fingerprint density at radius 2 is 2.10 bits per heavy atom. The number of amides is 1. The van der Waals surface area contributed by atoms with Crippen LogP contribution < -0.4 is 5.32 Å². The van der Waals surface area contributed by atoms with E-state index < -0.39 is 6.10 Å². The third-order valence-electron chi connectivity index (χ3n) is 3.07. The van der Waals surface area contributed by atoms with E-state index in [0.29, 0.717) is 17.8 Å². The Hall–Kier alpha value is -2.76. The van der Waals surface area contributed by atoms with Gasteiger partial charge in [0.1, 0.15) is 5.82 Å². The normalized spacial score (nSPS) is 17.0. The van der Waals surface area contributed by atoms with E-state index in [1.165, 1.54) is 12.1 Å². The van der Waals surface area contributed by atoms with Gasteiger partial charge in [-0.05, 0) is 29.8 Å². The average Bonchev–Trinajstić information content (AvgIpc) is 2.99. The van der Waals surface area contributed by atoms with Gasteiger partial charge in [-0.15, -0.1) is 0 Å². The van der Waals surface area contributed by atoms with E-state index in [4.69, 9.17) is 4.84 Å². The average molecular weight is 285 g/mol. The predicted octanol–water partition coefficient (Wildman–Crippen LogP) is 2.35. The van der Waals surface area contributed by atoms with Crippen molar-refractivity contribution in [3.05, 3.63) is 60.2 Å². The quantitative estimate of drug-likeness (QED) is 0.941. The number of carbonyl (C=O) groups is 1. The molecule has 1 aliphatic heterocycles. The lowest BCUT2D eigenvalue weighted by Crippen LogP contribution is -2.28. The molecule has 2 heterocycles. The van der Waals surface area contributed by atoms with Crippen LogP contribution in [0.15, 0.2) is 53.9 Å². The van der Waals surface area contributed by atoms with Crippen molar-refractivity contribution in [2.24, 2.45) is 5.16 Å². The number of benzene rings is 1. The molecule has 106 valence electrons. The van der Waals surface area contributed by atoms with Crippen molar-refractivity contribution >= 4 is 17.3 Å². The largest absolute Gasteiger partial charge is 0.382 e. The number of nitrogens with zero attached hydrogens (tertiary/aromatic N) is 2. The van der Waals surface area contributed by atoms with E-state index in [0.717, 1.165) is 5.56 Å². The molecule has 0 radical (unpaired) electrons. The van der Waals surface area contributed by atoms with Crippen molar-refractivity contribution in [3.8, 4) is 0 Å². The molecule has 1 amide bonds. The van der Waals surface area contributed by atoms with Gasteiger partial charge in [0, 0.05) is 12.6 Å². The minimum atomic E-state index is -0.690. The fourth-order valence-corrected chi connectivity index (χ4v) is 1.99. The van der Waals surface area contributed by atoms with E-state index >= 15 is 0 Å². The summed E-state index contributed by atoms with van der Waals surface area (Å²) in [5.74, 6) is -0.604. The summed E-state index contributed by atoms with van der Waals surface area (Å²) >= 11 is 0. The number of halogens is 1. The topological polar surface area (TPSA) is 63.6 Å². The number of anilines is 1. The number of pyridine rings is 1. The molecule has 1 N–H and O–H groups in total. The molecule has 0 saturated heterocycles. The summed E-state index contributed by atoms with van der Waals surface area (Å²) in [6.07, 6.45) is 2.83. The van der Waals surface area contributed by atoms with Gasteiger partial charge in [-0.1, -0.05) is 17.3 Å². The highest BCUT2D eigenvalue weighted by Gasteiger charge is 2.28. The Morgan fingerprint density at radius 3 is 2.81 bits per heavy atom. The number of hydrogen-bond donors (Lipinski definition) is 1. The standard InChI is InChI=1S/C15H12FN3O2/c16-11-5-3-10(4-6-11)13-8-14(21-19-13)15(20)18-12-2-1-7-17-9-12/h1-7,9,14H,8H2,(H,18,20)/t14-/m0/s1. The van der Waals surface area contributed by atoms with E-state index in [1.54, 1.807) is 36.7 Å². The number of aromatic nitrogens is 1. The zero-order valence-electron chi connectivity index (χ0n) is 11.0. The lowest BCUT2D eigenvalue weighted by Gasteiger charge is -2.08. The molecule has 0 spiro atoms. The van der Waals surface area contributed by atoms with Crippen LogP contribution in [0.25, 0.3) is 0 Å². The molecule has 6 heteroatoms. The maximum Gasteiger partial charge on any atom is 0.268 e. The van der Waals surface area contributed by atoms with Gasteiger partial charge in [0.25, 0.3) is 5.91 Å². The van der Waals surface area contributed by atoms with E-state index in [-0.39, 0.29) is 11.7 Å². The Kier molecular flexibility index (Phi) is 3.59. The van der Waals surface area contributed by atoms with Gasteiger partial charge in [-0.3, -0.25) is 9.78 Å². The molecule has 5 nitrogen and oxygen atoms in total. The van der Waals surface area contributed by atoms with Crippen molar-refractivity contribution in [1.82, 2.24) is 4.98 Å².